The van der Waals surface area contributed by atoms with Crippen LogP contribution in [0.25, 0.3) is 0 Å². The molecule has 2 unspecified atom stereocenters. The first-order valence-corrected chi connectivity index (χ1v) is 12.8. The number of carboxylic acids is 1. The second-order valence-electron chi connectivity index (χ2n) is 6.53. The second kappa shape index (κ2) is 11.3. The number of carboxylic acid groups (broad SMARTS) is 1. The Bertz CT molecular complexity index is 1180. The molecule has 13 nitrogen and oxygen atoms in total. The van der Waals surface area contributed by atoms with Crippen molar-refractivity contribution >= 4 is 74.8 Å². The largest absolute Gasteiger partial charge is 1.00 e. The number of nitrogens with one attached hydrogen (secondary N) is 1. The average molecular weight is 552 g/mol. The number of aliphatic carboxylic acids is 1. The van der Waals surface area contributed by atoms with E-state index in [1.807, 2.05) is 0 Å². The molecular formula is C16H14N7NaO6S4. The van der Waals surface area contributed by atoms with Gasteiger partial charge >= 0.3 is 29.6 Å². The van der Waals surface area contributed by atoms with Gasteiger partial charge in [-0.05, 0) is 5.57 Å². The molecule has 174 valence electrons. The molecule has 2 aliphatic rings. The third kappa shape index (κ3) is 5.25. The van der Waals surface area contributed by atoms with E-state index in [4.69, 9.17) is 10.8 Å². The summed E-state index contributed by atoms with van der Waals surface area (Å²) in [6, 6.07) is -1.02. The van der Waals surface area contributed by atoms with E-state index >= 15 is 0 Å². The maximum atomic E-state index is 12.7. The molecule has 1 saturated heterocycles. The molecule has 0 bridgehead atoms. The topological polar surface area (TPSA) is 207 Å². The fraction of sp³-hybridized carbons (Fsp3) is 0.312. The minimum absolute atomic E-state index is 0. The monoisotopic (exact) mass is 551 g/mol. The van der Waals surface area contributed by atoms with Crippen LogP contribution in [0, 0.1) is 0 Å². The minimum Gasteiger partial charge on any atom is -0.543 e. The summed E-state index contributed by atoms with van der Waals surface area (Å²) < 4.78 is 0.551. The summed E-state index contributed by atoms with van der Waals surface area (Å²) in [6.45, 7) is -0.239. The molecule has 2 aliphatic heterocycles. The molecule has 4 rings (SSSR count). The number of carbonyl (C=O) groups excluding carboxylic acids is 3. The number of hydrogen-bond donors (Lipinski definition) is 4. The Morgan fingerprint density at radius 2 is 2.18 bits per heavy atom. The molecule has 0 aromatic carbocycles. The van der Waals surface area contributed by atoms with Crippen LogP contribution in [0.1, 0.15) is 10.7 Å². The van der Waals surface area contributed by atoms with Gasteiger partial charge in [-0.1, -0.05) is 28.3 Å². The van der Waals surface area contributed by atoms with Gasteiger partial charge < -0.3 is 31.3 Å². The Hall–Kier alpha value is -1.73. The predicted octanol–water partition coefficient (Wildman–Crippen LogP) is -4.55. The van der Waals surface area contributed by atoms with Crippen LogP contribution in [0.15, 0.2) is 26.1 Å². The summed E-state index contributed by atoms with van der Waals surface area (Å²) in [4.78, 5) is 42.1. The zero-order valence-corrected chi connectivity index (χ0v) is 22.6. The van der Waals surface area contributed by atoms with Crippen LogP contribution in [0.2, 0.25) is 0 Å². The second-order valence-corrected chi connectivity index (χ2v) is 10.8. The summed E-state index contributed by atoms with van der Waals surface area (Å²) >= 11 is 4.75. The van der Waals surface area contributed by atoms with Gasteiger partial charge in [0.1, 0.15) is 22.1 Å². The molecule has 0 spiro atoms. The number of aliphatic hydroxyl groups excluding tert-OH is 1. The molecule has 18 heteroatoms. The van der Waals surface area contributed by atoms with Gasteiger partial charge in [0.05, 0.1) is 18.3 Å². The molecule has 0 aliphatic carbocycles. The zero-order chi connectivity index (χ0) is 23.7. The summed E-state index contributed by atoms with van der Waals surface area (Å²) in [5, 5.41) is 44.6. The fourth-order valence-corrected chi connectivity index (χ4v) is 6.90. The van der Waals surface area contributed by atoms with Crippen molar-refractivity contribution in [2.45, 2.75) is 22.4 Å². The maximum Gasteiger partial charge on any atom is 1.00 e. The molecule has 4 heterocycles. The van der Waals surface area contributed by atoms with E-state index in [2.05, 4.69) is 25.7 Å². The zero-order valence-electron chi connectivity index (χ0n) is 17.3. The first-order chi connectivity index (χ1) is 15.8. The van der Waals surface area contributed by atoms with Crippen LogP contribution in [-0.4, -0.2) is 76.8 Å². The first kappa shape index (κ1) is 26.9. The molecule has 2 aromatic heterocycles. The van der Waals surface area contributed by atoms with Crippen LogP contribution >= 0.6 is 46.2 Å². The number of rotatable bonds is 8. The molecule has 0 radical (unpaired) electrons. The van der Waals surface area contributed by atoms with Crippen molar-refractivity contribution in [3.63, 3.8) is 0 Å². The summed E-state index contributed by atoms with van der Waals surface area (Å²) in [5.74, 6) is -2.46. The van der Waals surface area contributed by atoms with E-state index in [9.17, 15) is 24.7 Å². The minimum atomic E-state index is -1.50. The quantitative estimate of drug-likeness (QED) is 0.0611. The van der Waals surface area contributed by atoms with Gasteiger partial charge in [0.2, 0.25) is 0 Å². The number of nitrogen functional groups attached to an aromatic ring is 1. The van der Waals surface area contributed by atoms with E-state index in [0.717, 1.165) is 16.2 Å². The van der Waals surface area contributed by atoms with E-state index in [0.29, 0.717) is 14.9 Å². The van der Waals surface area contributed by atoms with E-state index in [-0.39, 0.29) is 64.2 Å². The van der Waals surface area contributed by atoms with Crippen molar-refractivity contribution < 1.29 is 59.4 Å². The third-order valence-electron chi connectivity index (χ3n) is 4.56. The number of oxime groups is 1. The van der Waals surface area contributed by atoms with Gasteiger partial charge in [0, 0.05) is 16.9 Å². The Kier molecular flexibility index (Phi) is 8.96. The molecule has 2 aromatic rings. The number of aliphatic hydroxyl groups is 1. The van der Waals surface area contributed by atoms with Crippen molar-refractivity contribution in [1.29, 1.82) is 0 Å². The van der Waals surface area contributed by atoms with E-state index in [1.165, 1.54) is 40.2 Å². The smallest absolute Gasteiger partial charge is 0.543 e. The van der Waals surface area contributed by atoms with E-state index < -0.39 is 34.9 Å². The molecule has 34 heavy (non-hydrogen) atoms. The number of amides is 2. The molecule has 0 saturated carbocycles. The van der Waals surface area contributed by atoms with Gasteiger partial charge in [-0.15, -0.1) is 33.3 Å². The normalized spacial score (nSPS) is 19.9. The van der Waals surface area contributed by atoms with Crippen molar-refractivity contribution in [2.24, 2.45) is 5.16 Å². The number of fused-ring (bicyclic) bond motifs is 1. The molecule has 2 atom stereocenters. The van der Waals surface area contributed by atoms with Crippen LogP contribution in [-0.2, 0) is 21.0 Å². The Labute approximate surface area is 230 Å². The standard InChI is InChI=1S/C16H15N7O6S4.Na/c17-15-18-6(4-31-15)8(22-29)11(25)19-9-12(26)23-10(14(27)28)5(2-30-13(9)23)3-32-16-21-20-7(1-24)33-16;/h4,9,13,24,29H,1-3H2,(H2,17,18)(H,19,25)(H,27,28);/q;+1/p-1/b22-8+;. The summed E-state index contributed by atoms with van der Waals surface area (Å²) in [5.41, 5.74) is 5.40. The number of nitrogens with two attached hydrogens (primary N) is 1. The van der Waals surface area contributed by atoms with Crippen LogP contribution in [0.4, 0.5) is 5.13 Å². The maximum absolute atomic E-state index is 12.7. The number of hydrogen-bond acceptors (Lipinski definition) is 15. The third-order valence-corrected chi connectivity index (χ3v) is 8.70. The Morgan fingerprint density at radius 1 is 1.41 bits per heavy atom. The van der Waals surface area contributed by atoms with Gasteiger partial charge in [-0.3, -0.25) is 14.5 Å². The Morgan fingerprint density at radius 3 is 2.76 bits per heavy atom. The predicted molar refractivity (Wildman–Crippen MR) is 118 cm³/mol. The molecule has 2 amide bonds. The number of anilines is 1. The summed E-state index contributed by atoms with van der Waals surface area (Å²) in [7, 11) is 0. The van der Waals surface area contributed by atoms with Crippen LogP contribution in [0.5, 0.6) is 0 Å². The number of carbonyl (C=O) groups is 3. The number of β-lactam (4-membered cyclic amide) rings is 1. The first-order valence-electron chi connectivity index (χ1n) is 9.02. The SMILES string of the molecule is Nc1nc(/C(=N\O)C(=O)NC2C(=O)N3C(C(=O)[O-])=C(CSc4nnc(CO)s4)CSC23)cs1.[Na+]. The van der Waals surface area contributed by atoms with Gasteiger partial charge in [-0.25, -0.2) is 4.98 Å². The number of thioether (sulfide) groups is 2. The Balaban J connectivity index is 0.00000324. The molecular weight excluding hydrogens is 537 g/mol. The van der Waals surface area contributed by atoms with Crippen LogP contribution < -0.4 is 45.7 Å². The van der Waals surface area contributed by atoms with Crippen molar-refractivity contribution in [2.75, 3.05) is 17.2 Å². The van der Waals surface area contributed by atoms with Crippen molar-refractivity contribution in [3.05, 3.63) is 27.4 Å². The number of aromatic nitrogens is 3. The van der Waals surface area contributed by atoms with Crippen LogP contribution in [0.3, 0.4) is 0 Å². The van der Waals surface area contributed by atoms with E-state index in [1.54, 1.807) is 0 Å². The molecule has 1 fully saturated rings. The van der Waals surface area contributed by atoms with Gasteiger partial charge in [0.25, 0.3) is 11.8 Å². The van der Waals surface area contributed by atoms with Gasteiger partial charge in [-0.2, -0.15) is 0 Å². The summed E-state index contributed by atoms with van der Waals surface area (Å²) in [6.07, 6.45) is 0. The number of nitrogens with zero attached hydrogens (tertiary/aromatic N) is 5. The van der Waals surface area contributed by atoms with Gasteiger partial charge in [0.15, 0.2) is 15.2 Å². The average Bonchev–Trinajstić information content (AvgIpc) is 3.44. The fourth-order valence-electron chi connectivity index (χ4n) is 3.11. The molecule has 5 N–H and O–H groups in total. The van der Waals surface area contributed by atoms with Crippen molar-refractivity contribution in [1.82, 2.24) is 25.4 Å². The number of thiazole rings is 1. The van der Waals surface area contributed by atoms with Crippen molar-refractivity contribution in [3.8, 4) is 0 Å².